The van der Waals surface area contributed by atoms with E-state index in [-0.39, 0.29) is 35.2 Å². The number of likely N-dealkylation sites (N-methyl/N-ethyl adjacent to an activating group) is 1. The first-order chi connectivity index (χ1) is 12.4. The number of hydrogen-bond acceptors (Lipinski definition) is 5. The van der Waals surface area contributed by atoms with Crippen molar-refractivity contribution in [3.8, 4) is 0 Å². The third-order valence-corrected chi connectivity index (χ3v) is 7.41. The van der Waals surface area contributed by atoms with Crippen LogP contribution in [0.25, 0.3) is 0 Å². The summed E-state index contributed by atoms with van der Waals surface area (Å²) in [5, 5.41) is 13.2. The second-order valence-electron chi connectivity index (χ2n) is 8.78. The van der Waals surface area contributed by atoms with E-state index in [0.717, 1.165) is 31.3 Å². The average Bonchev–Trinajstić information content (AvgIpc) is 2.61. The molecule has 0 radical (unpaired) electrons. The van der Waals surface area contributed by atoms with Gasteiger partial charge in [-0.15, -0.1) is 0 Å². The Kier molecular flexibility index (Phi) is 5.88. The van der Waals surface area contributed by atoms with Gasteiger partial charge in [-0.25, -0.2) is 4.79 Å². The van der Waals surface area contributed by atoms with Crippen LogP contribution < -0.4 is 5.32 Å². The first kappa shape index (κ1) is 19.6. The molecule has 0 amide bonds. The molecular formula is C21H33NO4. The Hall–Kier alpha value is -1.20. The van der Waals surface area contributed by atoms with Gasteiger partial charge >= 0.3 is 5.97 Å². The lowest BCUT2D eigenvalue weighted by atomic mass is 9.47. The summed E-state index contributed by atoms with van der Waals surface area (Å²) in [6.07, 6.45) is 6.29. The molecule has 0 bridgehead atoms. The van der Waals surface area contributed by atoms with Crippen molar-refractivity contribution >= 4 is 11.8 Å². The molecule has 2 N–H and O–H groups in total. The number of fused-ring (bicyclic) bond motifs is 3. The van der Waals surface area contributed by atoms with Crippen LogP contribution in [-0.2, 0) is 14.3 Å². The maximum Gasteiger partial charge on any atom is 0.330 e. The second-order valence-corrected chi connectivity index (χ2v) is 8.78. The number of allylic oxidation sites excluding steroid dienone is 1. The van der Waals surface area contributed by atoms with Crippen LogP contribution in [0.2, 0.25) is 0 Å². The summed E-state index contributed by atoms with van der Waals surface area (Å²) in [5.74, 6) is 0.919. The van der Waals surface area contributed by atoms with Crippen LogP contribution in [-0.4, -0.2) is 43.2 Å². The molecule has 3 fully saturated rings. The number of ketones is 1. The molecule has 146 valence electrons. The summed E-state index contributed by atoms with van der Waals surface area (Å²) < 4.78 is 5.19. The van der Waals surface area contributed by atoms with Crippen molar-refractivity contribution in [3.63, 3.8) is 0 Å². The molecule has 3 rings (SSSR count). The summed E-state index contributed by atoms with van der Waals surface area (Å²) >= 11 is 0. The number of Topliss-reactive ketones (excluding diaryl/α,β-unsaturated/α-hetero) is 1. The van der Waals surface area contributed by atoms with Gasteiger partial charge in [-0.1, -0.05) is 19.4 Å². The number of carbonyl (C=O) groups is 2. The highest BCUT2D eigenvalue weighted by Gasteiger charge is 2.56. The molecule has 3 aliphatic rings. The van der Waals surface area contributed by atoms with Crippen molar-refractivity contribution < 1.29 is 19.4 Å². The third kappa shape index (κ3) is 3.61. The van der Waals surface area contributed by atoms with E-state index in [1.165, 1.54) is 0 Å². The van der Waals surface area contributed by atoms with Crippen LogP contribution in [0.3, 0.4) is 0 Å². The van der Waals surface area contributed by atoms with Crippen molar-refractivity contribution in [2.45, 2.75) is 58.5 Å². The lowest BCUT2D eigenvalue weighted by Gasteiger charge is -2.57. The van der Waals surface area contributed by atoms with Gasteiger partial charge in [0.15, 0.2) is 0 Å². The highest BCUT2D eigenvalue weighted by atomic mass is 16.5. The predicted molar refractivity (Wildman–Crippen MR) is 99.4 cm³/mol. The molecule has 0 spiro atoms. The molecule has 5 unspecified atom stereocenters. The van der Waals surface area contributed by atoms with E-state index in [2.05, 4.69) is 19.2 Å². The number of rotatable bonds is 4. The molecule has 5 nitrogen and oxygen atoms in total. The van der Waals surface area contributed by atoms with E-state index in [4.69, 9.17) is 4.74 Å². The zero-order chi connectivity index (χ0) is 18.9. The third-order valence-electron chi connectivity index (χ3n) is 7.41. The van der Waals surface area contributed by atoms with Crippen LogP contribution in [0.5, 0.6) is 0 Å². The molecule has 0 saturated heterocycles. The van der Waals surface area contributed by atoms with E-state index in [0.29, 0.717) is 37.7 Å². The Morgan fingerprint density at radius 2 is 2.12 bits per heavy atom. The van der Waals surface area contributed by atoms with Gasteiger partial charge < -0.3 is 15.2 Å². The number of carbonyl (C=O) groups excluding carboxylic acids is 2. The number of hydrogen-bond donors (Lipinski definition) is 2. The quantitative estimate of drug-likeness (QED) is 0.456. The molecule has 6 atom stereocenters. The fourth-order valence-corrected chi connectivity index (χ4v) is 5.81. The molecule has 26 heavy (non-hydrogen) atoms. The Labute approximate surface area is 156 Å². The first-order valence-electron chi connectivity index (χ1n) is 10.1. The summed E-state index contributed by atoms with van der Waals surface area (Å²) in [6.45, 7) is 5.45. The van der Waals surface area contributed by atoms with Gasteiger partial charge in [-0.3, -0.25) is 4.79 Å². The average molecular weight is 363 g/mol. The van der Waals surface area contributed by atoms with Gasteiger partial charge in [0.05, 0.1) is 6.10 Å². The summed E-state index contributed by atoms with van der Waals surface area (Å²) in [4.78, 5) is 24.8. The Balaban J connectivity index is 1.71. The minimum atomic E-state index is -0.296. The zero-order valence-electron chi connectivity index (χ0n) is 16.3. The molecule has 0 aromatic heterocycles. The van der Waals surface area contributed by atoms with Crippen LogP contribution >= 0.6 is 0 Å². The van der Waals surface area contributed by atoms with Crippen molar-refractivity contribution in [2.75, 3.05) is 20.2 Å². The molecular weight excluding hydrogens is 330 g/mol. The minimum Gasteiger partial charge on any atom is -0.461 e. The maximum absolute atomic E-state index is 12.9. The topological polar surface area (TPSA) is 75.6 Å². The number of esters is 1. The van der Waals surface area contributed by atoms with E-state index in [9.17, 15) is 14.7 Å². The smallest absolute Gasteiger partial charge is 0.330 e. The first-order valence-corrected chi connectivity index (χ1v) is 10.1. The molecule has 5 heteroatoms. The fourth-order valence-electron chi connectivity index (χ4n) is 5.81. The Morgan fingerprint density at radius 1 is 1.35 bits per heavy atom. The van der Waals surface area contributed by atoms with Crippen LogP contribution in [0.4, 0.5) is 0 Å². The summed E-state index contributed by atoms with van der Waals surface area (Å²) in [5.41, 5.74) is 1.19. The lowest BCUT2D eigenvalue weighted by molar-refractivity contribution is -0.151. The highest BCUT2D eigenvalue weighted by molar-refractivity contribution is 5.85. The van der Waals surface area contributed by atoms with Crippen molar-refractivity contribution in [2.24, 2.45) is 29.1 Å². The number of ether oxygens (including phenoxy) is 1. The standard InChI is InChI=1S/C21H33NO4/c1-13-17-12-19(24)15-10-14(11-20(25)26-9-8-22-3)4-5-16(15)21(17,2)7-6-18(13)23/h11,13,15-18,22-23H,4-10,12H2,1-3H3/b14-11+/t13?,15-,16?,17?,18?,21?/m0/s1. The highest BCUT2D eigenvalue weighted by Crippen LogP contribution is 2.59. The monoisotopic (exact) mass is 363 g/mol. The molecule has 0 aliphatic heterocycles. The van der Waals surface area contributed by atoms with E-state index < -0.39 is 0 Å². The van der Waals surface area contributed by atoms with E-state index in [1.54, 1.807) is 6.08 Å². The SMILES string of the molecule is CNCCOC(=O)/C=C1\CCC2[C@H](C1)C(=O)CC1C(C)C(O)CCC12C. The fraction of sp³-hybridized carbons (Fsp3) is 0.810. The largest absolute Gasteiger partial charge is 0.461 e. The summed E-state index contributed by atoms with van der Waals surface area (Å²) in [6, 6.07) is 0. The number of nitrogens with one attached hydrogen (secondary N) is 1. The van der Waals surface area contributed by atoms with Gasteiger partial charge in [-0.2, -0.15) is 0 Å². The second kappa shape index (κ2) is 7.81. The normalized spacial score (nSPS) is 41.5. The molecule has 0 heterocycles. The van der Waals surface area contributed by atoms with Crippen molar-refractivity contribution in [1.82, 2.24) is 5.32 Å². The number of aliphatic hydroxyl groups is 1. The van der Waals surface area contributed by atoms with Crippen LogP contribution in [0.15, 0.2) is 11.6 Å². The zero-order valence-corrected chi connectivity index (χ0v) is 16.3. The van der Waals surface area contributed by atoms with Gasteiger partial charge in [0.25, 0.3) is 0 Å². The molecule has 3 saturated carbocycles. The van der Waals surface area contributed by atoms with Gasteiger partial charge in [0.2, 0.25) is 0 Å². The molecule has 0 aromatic carbocycles. The van der Waals surface area contributed by atoms with E-state index in [1.807, 2.05) is 7.05 Å². The minimum absolute atomic E-state index is 0.0313. The predicted octanol–water partition coefficient (Wildman–Crippen LogP) is 2.48. The Bertz CT molecular complexity index is 587. The van der Waals surface area contributed by atoms with Gasteiger partial charge in [0.1, 0.15) is 12.4 Å². The Morgan fingerprint density at radius 3 is 2.85 bits per heavy atom. The lowest BCUT2D eigenvalue weighted by Crippen LogP contribution is -2.55. The van der Waals surface area contributed by atoms with Crippen molar-refractivity contribution in [1.29, 1.82) is 0 Å². The van der Waals surface area contributed by atoms with Crippen LogP contribution in [0.1, 0.15) is 52.4 Å². The molecule has 3 aliphatic carbocycles. The van der Waals surface area contributed by atoms with Crippen LogP contribution in [0, 0.1) is 29.1 Å². The number of aliphatic hydroxyl groups excluding tert-OH is 1. The van der Waals surface area contributed by atoms with Gasteiger partial charge in [-0.05, 0) is 62.3 Å². The molecule has 0 aromatic rings. The van der Waals surface area contributed by atoms with Crippen molar-refractivity contribution in [3.05, 3.63) is 11.6 Å². The maximum atomic E-state index is 12.9. The summed E-state index contributed by atoms with van der Waals surface area (Å²) in [7, 11) is 1.82. The van der Waals surface area contributed by atoms with E-state index >= 15 is 0 Å². The van der Waals surface area contributed by atoms with Gasteiger partial charge in [0, 0.05) is 25.0 Å².